The Hall–Kier alpha value is -2.93. The number of Topliss-reactive ketones (excluding diaryl/α,β-unsaturated/α-hetero) is 1. The molecule has 28 heavy (non-hydrogen) atoms. The number of hydrogen-bond acceptors (Lipinski definition) is 5. The van der Waals surface area contributed by atoms with E-state index < -0.39 is 0 Å². The molecule has 1 atom stereocenters. The second-order valence-corrected chi connectivity index (χ2v) is 7.81. The summed E-state index contributed by atoms with van der Waals surface area (Å²) in [5.74, 6) is 0.650. The van der Waals surface area contributed by atoms with E-state index in [1.54, 1.807) is 24.3 Å². The molecule has 1 heterocycles. The van der Waals surface area contributed by atoms with Gasteiger partial charge in [0.15, 0.2) is 10.9 Å². The molecular weight excluding hydrogens is 372 g/mol. The molecule has 0 saturated heterocycles. The highest BCUT2D eigenvalue weighted by molar-refractivity contribution is 8.00. The lowest BCUT2D eigenvalue weighted by Gasteiger charge is -2.12. The molecule has 0 aliphatic carbocycles. The van der Waals surface area contributed by atoms with Crippen molar-refractivity contribution < 1.29 is 9.59 Å². The standard InChI is InChI=1S/C21H22N4O2S/c1-14(26)17-10-7-11-18(13-17)22-20(27)15(2)28-21-24-23-19(25(21)3)12-16-8-5-4-6-9-16/h4-11,13,15H,12H2,1-3H3,(H,22,27). The molecule has 0 aliphatic rings. The molecule has 3 rings (SSSR count). The Balaban J connectivity index is 1.64. The molecule has 144 valence electrons. The van der Waals surface area contributed by atoms with E-state index in [4.69, 9.17) is 0 Å². The van der Waals surface area contributed by atoms with Crippen LogP contribution in [0, 0.1) is 0 Å². The van der Waals surface area contributed by atoms with E-state index in [0.717, 1.165) is 11.4 Å². The van der Waals surface area contributed by atoms with Crippen LogP contribution in [-0.4, -0.2) is 31.7 Å². The molecule has 0 bridgehead atoms. The second kappa shape index (κ2) is 8.84. The number of thioether (sulfide) groups is 1. The molecule has 2 aromatic carbocycles. The van der Waals surface area contributed by atoms with Crippen LogP contribution in [0.1, 0.15) is 35.6 Å². The number of nitrogens with one attached hydrogen (secondary N) is 1. The number of ketones is 1. The van der Waals surface area contributed by atoms with E-state index in [0.29, 0.717) is 22.8 Å². The van der Waals surface area contributed by atoms with Crippen LogP contribution in [0.5, 0.6) is 0 Å². The molecular formula is C21H22N4O2S. The van der Waals surface area contributed by atoms with Gasteiger partial charge < -0.3 is 9.88 Å². The average Bonchev–Trinajstić information content (AvgIpc) is 3.02. The van der Waals surface area contributed by atoms with Crippen molar-refractivity contribution in [3.63, 3.8) is 0 Å². The van der Waals surface area contributed by atoms with Crippen LogP contribution in [0.15, 0.2) is 59.8 Å². The third-order valence-corrected chi connectivity index (χ3v) is 5.45. The Bertz CT molecular complexity index is 985. The van der Waals surface area contributed by atoms with Crippen LogP contribution in [0.3, 0.4) is 0 Å². The zero-order chi connectivity index (χ0) is 20.1. The molecule has 0 saturated carbocycles. The van der Waals surface area contributed by atoms with Gasteiger partial charge in [-0.2, -0.15) is 0 Å². The van der Waals surface area contributed by atoms with Crippen molar-refractivity contribution in [2.45, 2.75) is 30.7 Å². The lowest BCUT2D eigenvalue weighted by Crippen LogP contribution is -2.23. The maximum absolute atomic E-state index is 12.5. The van der Waals surface area contributed by atoms with Gasteiger partial charge in [0, 0.05) is 24.7 Å². The monoisotopic (exact) mass is 394 g/mol. The van der Waals surface area contributed by atoms with Gasteiger partial charge in [-0.15, -0.1) is 10.2 Å². The van der Waals surface area contributed by atoms with Crippen molar-refractivity contribution in [1.29, 1.82) is 0 Å². The van der Waals surface area contributed by atoms with Gasteiger partial charge in [0.25, 0.3) is 0 Å². The minimum absolute atomic E-state index is 0.0384. The van der Waals surface area contributed by atoms with Gasteiger partial charge in [0.05, 0.1) is 5.25 Å². The van der Waals surface area contributed by atoms with E-state index in [2.05, 4.69) is 15.5 Å². The largest absolute Gasteiger partial charge is 0.325 e. The van der Waals surface area contributed by atoms with Crippen LogP contribution in [0.25, 0.3) is 0 Å². The normalized spacial score (nSPS) is 11.8. The molecule has 1 N–H and O–H groups in total. The van der Waals surface area contributed by atoms with Crippen LogP contribution in [-0.2, 0) is 18.3 Å². The summed E-state index contributed by atoms with van der Waals surface area (Å²) < 4.78 is 1.91. The first-order valence-corrected chi connectivity index (χ1v) is 9.82. The highest BCUT2D eigenvalue weighted by Gasteiger charge is 2.19. The van der Waals surface area contributed by atoms with Crippen molar-refractivity contribution >= 4 is 29.1 Å². The molecule has 0 aliphatic heterocycles. The zero-order valence-electron chi connectivity index (χ0n) is 16.0. The molecule has 1 unspecified atom stereocenters. The number of rotatable bonds is 7. The van der Waals surface area contributed by atoms with E-state index in [-0.39, 0.29) is 16.9 Å². The Morgan fingerprint density at radius 3 is 2.57 bits per heavy atom. The predicted octanol–water partition coefficient (Wildman–Crippen LogP) is 3.73. The SMILES string of the molecule is CC(=O)c1cccc(NC(=O)C(C)Sc2nnc(Cc3ccccc3)n2C)c1. The van der Waals surface area contributed by atoms with Gasteiger partial charge >= 0.3 is 0 Å². The fourth-order valence-electron chi connectivity index (χ4n) is 2.65. The van der Waals surface area contributed by atoms with Gasteiger partial charge in [0.1, 0.15) is 5.82 Å². The lowest BCUT2D eigenvalue weighted by molar-refractivity contribution is -0.115. The Morgan fingerprint density at radius 2 is 1.86 bits per heavy atom. The molecule has 1 aromatic heterocycles. The van der Waals surface area contributed by atoms with E-state index >= 15 is 0 Å². The number of anilines is 1. The zero-order valence-corrected chi connectivity index (χ0v) is 16.9. The van der Waals surface area contributed by atoms with Gasteiger partial charge in [-0.25, -0.2) is 0 Å². The number of benzene rings is 2. The first-order chi connectivity index (χ1) is 13.4. The van der Waals surface area contributed by atoms with E-state index in [1.165, 1.54) is 18.7 Å². The second-order valence-electron chi connectivity index (χ2n) is 6.51. The topological polar surface area (TPSA) is 76.9 Å². The van der Waals surface area contributed by atoms with E-state index in [9.17, 15) is 9.59 Å². The molecule has 1 amide bonds. The highest BCUT2D eigenvalue weighted by atomic mass is 32.2. The summed E-state index contributed by atoms with van der Waals surface area (Å²) in [6.07, 6.45) is 0.684. The van der Waals surface area contributed by atoms with Gasteiger partial charge in [0.2, 0.25) is 5.91 Å². The Morgan fingerprint density at radius 1 is 1.11 bits per heavy atom. The summed E-state index contributed by atoms with van der Waals surface area (Å²) in [5.41, 5.74) is 2.33. The van der Waals surface area contributed by atoms with E-state index in [1.807, 2.05) is 48.9 Å². The highest BCUT2D eigenvalue weighted by Crippen LogP contribution is 2.23. The predicted molar refractivity (Wildman–Crippen MR) is 111 cm³/mol. The van der Waals surface area contributed by atoms with Gasteiger partial charge in [-0.05, 0) is 31.5 Å². The summed E-state index contributed by atoms with van der Waals surface area (Å²) in [6, 6.07) is 17.0. The summed E-state index contributed by atoms with van der Waals surface area (Å²) >= 11 is 1.35. The van der Waals surface area contributed by atoms with Crippen molar-refractivity contribution in [3.8, 4) is 0 Å². The van der Waals surface area contributed by atoms with Gasteiger partial charge in [-0.3, -0.25) is 9.59 Å². The van der Waals surface area contributed by atoms with Gasteiger partial charge in [-0.1, -0.05) is 54.2 Å². The van der Waals surface area contributed by atoms with Crippen LogP contribution < -0.4 is 5.32 Å². The number of aromatic nitrogens is 3. The Labute approximate surface area is 168 Å². The molecule has 0 fully saturated rings. The number of carbonyl (C=O) groups excluding carboxylic acids is 2. The lowest BCUT2D eigenvalue weighted by atomic mass is 10.1. The third-order valence-electron chi connectivity index (χ3n) is 4.32. The van der Waals surface area contributed by atoms with Crippen molar-refractivity contribution in [1.82, 2.24) is 14.8 Å². The van der Waals surface area contributed by atoms with Crippen molar-refractivity contribution in [2.24, 2.45) is 7.05 Å². The number of hydrogen-bond donors (Lipinski definition) is 1. The van der Waals surface area contributed by atoms with Crippen LogP contribution >= 0.6 is 11.8 Å². The summed E-state index contributed by atoms with van der Waals surface area (Å²) in [7, 11) is 1.90. The quantitative estimate of drug-likeness (QED) is 0.488. The summed E-state index contributed by atoms with van der Waals surface area (Å²) in [6.45, 7) is 3.32. The van der Waals surface area contributed by atoms with Crippen LogP contribution in [0.4, 0.5) is 5.69 Å². The molecule has 6 nitrogen and oxygen atoms in total. The Kier molecular flexibility index (Phi) is 6.26. The maximum atomic E-state index is 12.5. The van der Waals surface area contributed by atoms with Crippen molar-refractivity contribution in [2.75, 3.05) is 5.32 Å². The number of amides is 1. The smallest absolute Gasteiger partial charge is 0.237 e. The number of carbonyl (C=O) groups is 2. The fraction of sp³-hybridized carbons (Fsp3) is 0.238. The average molecular weight is 395 g/mol. The first-order valence-electron chi connectivity index (χ1n) is 8.94. The first kappa shape index (κ1) is 19.8. The minimum Gasteiger partial charge on any atom is -0.325 e. The summed E-state index contributed by atoms with van der Waals surface area (Å²) in [4.78, 5) is 24.0. The number of nitrogens with zero attached hydrogens (tertiary/aromatic N) is 3. The molecule has 0 radical (unpaired) electrons. The maximum Gasteiger partial charge on any atom is 0.237 e. The minimum atomic E-state index is -0.367. The summed E-state index contributed by atoms with van der Waals surface area (Å²) in [5, 5.41) is 11.7. The molecule has 0 spiro atoms. The molecule has 7 heteroatoms. The fourth-order valence-corrected chi connectivity index (χ4v) is 3.49. The molecule has 3 aromatic rings. The van der Waals surface area contributed by atoms with Crippen molar-refractivity contribution in [3.05, 3.63) is 71.5 Å². The van der Waals surface area contributed by atoms with Crippen LogP contribution in [0.2, 0.25) is 0 Å². The third kappa shape index (κ3) is 4.86.